The van der Waals surface area contributed by atoms with Crippen molar-refractivity contribution in [3.05, 3.63) is 16.1 Å². The van der Waals surface area contributed by atoms with Crippen molar-refractivity contribution in [1.29, 1.82) is 0 Å². The maximum absolute atomic E-state index is 12.0. The van der Waals surface area contributed by atoms with Crippen LogP contribution < -0.4 is 5.32 Å². The van der Waals surface area contributed by atoms with Crippen LogP contribution in [0.5, 0.6) is 0 Å². The van der Waals surface area contributed by atoms with E-state index in [4.69, 9.17) is 4.74 Å². The molecule has 20 heavy (non-hydrogen) atoms. The molecule has 1 amide bonds. The molecule has 2 rings (SSSR count). The van der Waals surface area contributed by atoms with Crippen LogP contribution in [-0.2, 0) is 11.2 Å². The topological polar surface area (TPSA) is 54.5 Å². The normalized spacial score (nSPS) is 23.8. The van der Waals surface area contributed by atoms with E-state index in [2.05, 4.69) is 29.0 Å². The molecule has 0 saturated carbocycles. The summed E-state index contributed by atoms with van der Waals surface area (Å²) >= 11 is 1.47. The molecule has 0 aliphatic carbocycles. The van der Waals surface area contributed by atoms with Gasteiger partial charge in [-0.05, 0) is 20.3 Å². The molecule has 1 N–H and O–H groups in total. The van der Waals surface area contributed by atoms with Gasteiger partial charge in [0, 0.05) is 26.2 Å². The van der Waals surface area contributed by atoms with Crippen molar-refractivity contribution in [2.24, 2.45) is 0 Å². The second-order valence-corrected chi connectivity index (χ2v) is 6.36. The smallest absolute Gasteiger partial charge is 0.263 e. The maximum Gasteiger partial charge on any atom is 0.263 e. The summed E-state index contributed by atoms with van der Waals surface area (Å²) in [5.74, 6) is -0.0171. The molecule has 1 fully saturated rings. The summed E-state index contributed by atoms with van der Waals surface area (Å²) < 4.78 is 5.69. The van der Waals surface area contributed by atoms with Crippen molar-refractivity contribution in [2.45, 2.75) is 39.4 Å². The second-order valence-electron chi connectivity index (χ2n) is 5.24. The van der Waals surface area contributed by atoms with Gasteiger partial charge in [0.1, 0.15) is 4.88 Å². The fourth-order valence-corrected chi connectivity index (χ4v) is 3.23. The summed E-state index contributed by atoms with van der Waals surface area (Å²) in [7, 11) is 0. The van der Waals surface area contributed by atoms with E-state index < -0.39 is 0 Å². The van der Waals surface area contributed by atoms with E-state index in [1.807, 2.05) is 6.92 Å². The molecule has 1 saturated heterocycles. The molecule has 1 aliphatic rings. The number of hydrogen-bond donors (Lipinski definition) is 1. The molecule has 1 aliphatic heterocycles. The zero-order valence-electron chi connectivity index (χ0n) is 12.4. The lowest BCUT2D eigenvalue weighted by Gasteiger charge is -2.35. The van der Waals surface area contributed by atoms with Gasteiger partial charge < -0.3 is 10.1 Å². The number of ether oxygens (including phenoxy) is 1. The predicted octanol–water partition coefficient (Wildman–Crippen LogP) is 1.54. The Morgan fingerprint density at radius 2 is 2.20 bits per heavy atom. The van der Waals surface area contributed by atoms with Crippen LogP contribution in [0, 0.1) is 0 Å². The number of nitrogens with one attached hydrogen (secondary N) is 1. The summed E-state index contributed by atoms with van der Waals surface area (Å²) in [6, 6.07) is 0. The van der Waals surface area contributed by atoms with E-state index in [0.29, 0.717) is 11.4 Å². The third-order valence-corrected chi connectivity index (χ3v) is 4.43. The number of amides is 1. The number of aromatic nitrogens is 1. The molecule has 5 nitrogen and oxygen atoms in total. The van der Waals surface area contributed by atoms with E-state index >= 15 is 0 Å². The van der Waals surface area contributed by atoms with E-state index in [0.717, 1.165) is 31.1 Å². The first-order chi connectivity index (χ1) is 9.58. The van der Waals surface area contributed by atoms with Crippen molar-refractivity contribution in [3.63, 3.8) is 0 Å². The lowest BCUT2D eigenvalue weighted by molar-refractivity contribution is -0.0672. The fraction of sp³-hybridized carbons (Fsp3) is 0.714. The predicted molar refractivity (Wildman–Crippen MR) is 80.3 cm³/mol. The Labute approximate surface area is 124 Å². The standard InChI is InChI=1S/C14H23N3O2S/c1-4-13-16-7-12(20-13)14(18)15-5-6-17-8-10(2)19-11(3)9-17/h7,10-11H,4-6,8-9H2,1-3H3,(H,15,18). The van der Waals surface area contributed by atoms with E-state index in [-0.39, 0.29) is 18.1 Å². The van der Waals surface area contributed by atoms with Gasteiger partial charge in [0.05, 0.1) is 23.4 Å². The molecule has 2 heterocycles. The number of carbonyl (C=O) groups excluding carboxylic acids is 1. The molecule has 1 aromatic rings. The van der Waals surface area contributed by atoms with Crippen molar-refractivity contribution in [1.82, 2.24) is 15.2 Å². The fourth-order valence-electron chi connectivity index (χ4n) is 2.46. The number of morpholine rings is 1. The SMILES string of the molecule is CCc1ncc(C(=O)NCCN2CC(C)OC(C)C2)s1. The summed E-state index contributed by atoms with van der Waals surface area (Å²) in [6.07, 6.45) is 3.07. The molecule has 2 atom stereocenters. The first-order valence-electron chi connectivity index (χ1n) is 7.19. The Morgan fingerprint density at radius 1 is 1.50 bits per heavy atom. The minimum atomic E-state index is -0.0171. The third-order valence-electron chi connectivity index (χ3n) is 3.29. The molecule has 0 bridgehead atoms. The third kappa shape index (κ3) is 4.26. The number of nitrogens with zero attached hydrogens (tertiary/aromatic N) is 2. The van der Waals surface area contributed by atoms with Gasteiger partial charge in [0.2, 0.25) is 0 Å². The molecule has 6 heteroatoms. The molecule has 0 aromatic carbocycles. The Kier molecular flexibility index (Phi) is 5.51. The van der Waals surface area contributed by atoms with Crippen molar-refractivity contribution >= 4 is 17.2 Å². The molecule has 0 spiro atoms. The Balaban J connectivity index is 1.73. The second kappa shape index (κ2) is 7.15. The summed E-state index contributed by atoms with van der Waals surface area (Å²) in [6.45, 7) is 9.61. The van der Waals surface area contributed by atoms with Gasteiger partial charge in [-0.3, -0.25) is 9.69 Å². The summed E-state index contributed by atoms with van der Waals surface area (Å²) in [5.41, 5.74) is 0. The average Bonchev–Trinajstić information content (AvgIpc) is 2.86. The molecule has 112 valence electrons. The van der Waals surface area contributed by atoms with Gasteiger partial charge in [-0.25, -0.2) is 4.98 Å². The largest absolute Gasteiger partial charge is 0.373 e. The van der Waals surface area contributed by atoms with Crippen LogP contribution in [0.2, 0.25) is 0 Å². The highest BCUT2D eigenvalue weighted by molar-refractivity contribution is 7.13. The Morgan fingerprint density at radius 3 is 2.80 bits per heavy atom. The van der Waals surface area contributed by atoms with Crippen molar-refractivity contribution < 1.29 is 9.53 Å². The molecule has 0 radical (unpaired) electrons. The van der Waals surface area contributed by atoms with Crippen LogP contribution in [0.4, 0.5) is 0 Å². The molecule has 2 unspecified atom stereocenters. The summed E-state index contributed by atoms with van der Waals surface area (Å²) in [4.78, 5) is 19.2. The quantitative estimate of drug-likeness (QED) is 0.896. The molecular formula is C14H23N3O2S. The van der Waals surface area contributed by atoms with Crippen LogP contribution in [0.25, 0.3) is 0 Å². The minimum absolute atomic E-state index is 0.0171. The first kappa shape index (κ1) is 15.4. The molecular weight excluding hydrogens is 274 g/mol. The average molecular weight is 297 g/mol. The van der Waals surface area contributed by atoms with Crippen LogP contribution in [0.15, 0.2) is 6.20 Å². The zero-order valence-corrected chi connectivity index (χ0v) is 13.2. The lowest BCUT2D eigenvalue weighted by Crippen LogP contribution is -2.47. The monoisotopic (exact) mass is 297 g/mol. The van der Waals surface area contributed by atoms with E-state index in [1.165, 1.54) is 11.3 Å². The number of rotatable bonds is 5. The van der Waals surface area contributed by atoms with Gasteiger partial charge in [0.15, 0.2) is 0 Å². The Bertz CT molecular complexity index is 439. The van der Waals surface area contributed by atoms with Crippen LogP contribution in [-0.4, -0.2) is 54.2 Å². The number of hydrogen-bond acceptors (Lipinski definition) is 5. The van der Waals surface area contributed by atoms with Crippen LogP contribution >= 0.6 is 11.3 Å². The minimum Gasteiger partial charge on any atom is -0.373 e. The van der Waals surface area contributed by atoms with Gasteiger partial charge in [0.25, 0.3) is 5.91 Å². The molecule has 1 aromatic heterocycles. The van der Waals surface area contributed by atoms with Gasteiger partial charge >= 0.3 is 0 Å². The highest BCUT2D eigenvalue weighted by atomic mass is 32.1. The van der Waals surface area contributed by atoms with Crippen LogP contribution in [0.3, 0.4) is 0 Å². The number of carbonyl (C=O) groups is 1. The zero-order chi connectivity index (χ0) is 14.5. The highest BCUT2D eigenvalue weighted by Gasteiger charge is 2.21. The van der Waals surface area contributed by atoms with Crippen molar-refractivity contribution in [3.8, 4) is 0 Å². The lowest BCUT2D eigenvalue weighted by atomic mass is 10.2. The van der Waals surface area contributed by atoms with E-state index in [1.54, 1.807) is 6.20 Å². The maximum atomic E-state index is 12.0. The van der Waals surface area contributed by atoms with Gasteiger partial charge in [-0.15, -0.1) is 11.3 Å². The number of aryl methyl sites for hydroxylation is 1. The van der Waals surface area contributed by atoms with Gasteiger partial charge in [-0.2, -0.15) is 0 Å². The Hall–Kier alpha value is -0.980. The summed E-state index contributed by atoms with van der Waals surface area (Å²) in [5, 5.41) is 3.97. The highest BCUT2D eigenvalue weighted by Crippen LogP contribution is 2.13. The number of thiazole rings is 1. The first-order valence-corrected chi connectivity index (χ1v) is 8.00. The van der Waals surface area contributed by atoms with Crippen LogP contribution in [0.1, 0.15) is 35.5 Å². The van der Waals surface area contributed by atoms with Crippen molar-refractivity contribution in [2.75, 3.05) is 26.2 Å². The van der Waals surface area contributed by atoms with E-state index in [9.17, 15) is 4.79 Å². The van der Waals surface area contributed by atoms with Gasteiger partial charge in [-0.1, -0.05) is 6.92 Å².